The fourth-order valence-electron chi connectivity index (χ4n) is 2.60. The molecule has 0 heterocycles. The highest BCUT2D eigenvalue weighted by Gasteiger charge is 2.31. The maximum Gasteiger partial charge on any atom is 0.416 e. The Kier molecular flexibility index (Phi) is 7.01. The van der Waals surface area contributed by atoms with Crippen LogP contribution in [0, 0.1) is 5.92 Å². The first-order valence-corrected chi connectivity index (χ1v) is 9.18. The summed E-state index contributed by atoms with van der Waals surface area (Å²) in [6.45, 7) is 4.00. The number of hydrogen-bond acceptors (Lipinski definition) is 2. The zero-order valence-corrected chi connectivity index (χ0v) is 16.4. The molecule has 0 bridgehead atoms. The van der Waals surface area contributed by atoms with Crippen molar-refractivity contribution in [1.29, 1.82) is 0 Å². The Morgan fingerprint density at radius 2 is 1.71 bits per heavy atom. The lowest BCUT2D eigenvalue weighted by Gasteiger charge is -2.16. The predicted molar refractivity (Wildman–Crippen MR) is 109 cm³/mol. The molecule has 0 saturated carbocycles. The van der Waals surface area contributed by atoms with Gasteiger partial charge in [0.25, 0.3) is 0 Å². The summed E-state index contributed by atoms with van der Waals surface area (Å²) in [5, 5.41) is 5.81. The predicted octanol–water partition coefficient (Wildman–Crippen LogP) is 5.20. The largest absolute Gasteiger partial charge is 0.416 e. The van der Waals surface area contributed by atoms with E-state index in [4.69, 9.17) is 18.0 Å². The topological polar surface area (TPSA) is 67.2 Å². The van der Waals surface area contributed by atoms with Crippen LogP contribution < -0.4 is 16.4 Å². The minimum Gasteiger partial charge on any atom is -0.366 e. The van der Waals surface area contributed by atoms with Gasteiger partial charge in [-0.15, -0.1) is 0 Å². The summed E-state index contributed by atoms with van der Waals surface area (Å²) < 4.78 is 39.7. The molecule has 2 rings (SSSR count). The fraction of sp³-hybridized carbons (Fsp3) is 0.300. The van der Waals surface area contributed by atoms with Crippen molar-refractivity contribution in [1.82, 2.24) is 0 Å². The lowest BCUT2D eigenvalue weighted by Crippen LogP contribution is -2.20. The zero-order chi connectivity index (χ0) is 20.9. The third kappa shape index (κ3) is 6.23. The Labute approximate surface area is 167 Å². The molecule has 8 heteroatoms. The molecule has 1 unspecified atom stereocenters. The first kappa shape index (κ1) is 21.7. The summed E-state index contributed by atoms with van der Waals surface area (Å²) in [5.41, 5.74) is 6.25. The van der Waals surface area contributed by atoms with Crippen molar-refractivity contribution in [3.63, 3.8) is 0 Å². The van der Waals surface area contributed by atoms with Gasteiger partial charge in [0.05, 0.1) is 5.56 Å². The second-order valence-corrected chi connectivity index (χ2v) is 7.06. The Morgan fingerprint density at radius 3 is 2.25 bits per heavy atom. The average Bonchev–Trinajstić information content (AvgIpc) is 2.61. The number of carbonyl (C=O) groups excluding carboxylic acids is 1. The van der Waals surface area contributed by atoms with E-state index in [0.29, 0.717) is 23.2 Å². The van der Waals surface area contributed by atoms with E-state index in [-0.39, 0.29) is 16.7 Å². The number of anilines is 2. The Hall–Kier alpha value is -2.61. The quantitative estimate of drug-likeness (QED) is 0.574. The average molecular weight is 409 g/mol. The number of primary amides is 1. The molecule has 1 amide bonds. The fourth-order valence-corrected chi connectivity index (χ4v) is 2.84. The van der Waals surface area contributed by atoms with Crippen molar-refractivity contribution in [2.45, 2.75) is 32.9 Å². The number of halogens is 3. The van der Waals surface area contributed by atoms with E-state index in [1.54, 1.807) is 18.2 Å². The van der Waals surface area contributed by atoms with Crippen LogP contribution in [0.25, 0.3) is 0 Å². The highest BCUT2D eigenvalue weighted by molar-refractivity contribution is 7.80. The number of rotatable bonds is 6. The van der Waals surface area contributed by atoms with E-state index in [1.807, 2.05) is 13.8 Å². The molecule has 28 heavy (non-hydrogen) atoms. The molecule has 0 radical (unpaired) electrons. The van der Waals surface area contributed by atoms with E-state index in [2.05, 4.69) is 10.6 Å². The van der Waals surface area contributed by atoms with Crippen LogP contribution in [-0.2, 0) is 12.6 Å². The summed E-state index contributed by atoms with van der Waals surface area (Å²) in [5.74, 6) is -0.282. The van der Waals surface area contributed by atoms with Gasteiger partial charge in [-0.3, -0.25) is 4.79 Å². The second kappa shape index (κ2) is 9.05. The number of carbonyl (C=O) groups is 1. The van der Waals surface area contributed by atoms with E-state index in [9.17, 15) is 18.0 Å². The van der Waals surface area contributed by atoms with Crippen molar-refractivity contribution in [2.75, 3.05) is 10.6 Å². The number of alkyl halides is 3. The Morgan fingerprint density at radius 1 is 1.11 bits per heavy atom. The van der Waals surface area contributed by atoms with E-state index >= 15 is 0 Å². The van der Waals surface area contributed by atoms with Crippen LogP contribution >= 0.6 is 12.2 Å². The van der Waals surface area contributed by atoms with Crippen LogP contribution in [0.3, 0.4) is 0 Å². The number of nitrogens with two attached hydrogens (primary N) is 1. The second-order valence-electron chi connectivity index (χ2n) is 6.65. The standard InChI is InChI=1S/C20H22F3N3OS/c1-3-12(2)8-13-9-15(20(21,22)23)11-17(10-13)26-19(28)25-16-6-4-14(5-7-16)18(24)27/h4-7,9-12H,3,8H2,1-2H3,(H2,24,27)(H2,25,26,28). The Bertz CT molecular complexity index is 851. The van der Waals surface area contributed by atoms with Crippen LogP contribution in [0.15, 0.2) is 42.5 Å². The van der Waals surface area contributed by atoms with Gasteiger partial charge in [-0.2, -0.15) is 13.2 Å². The van der Waals surface area contributed by atoms with Gasteiger partial charge in [-0.25, -0.2) is 0 Å². The molecule has 2 aromatic carbocycles. The molecule has 0 fully saturated rings. The minimum atomic E-state index is -4.44. The molecule has 0 saturated heterocycles. The van der Waals surface area contributed by atoms with E-state index < -0.39 is 17.6 Å². The van der Waals surface area contributed by atoms with Crippen LogP contribution in [0.2, 0.25) is 0 Å². The lowest BCUT2D eigenvalue weighted by atomic mass is 9.97. The first-order valence-electron chi connectivity index (χ1n) is 8.77. The maximum absolute atomic E-state index is 13.2. The van der Waals surface area contributed by atoms with Crippen LogP contribution in [0.4, 0.5) is 24.5 Å². The van der Waals surface area contributed by atoms with Gasteiger partial charge < -0.3 is 16.4 Å². The van der Waals surface area contributed by atoms with Gasteiger partial charge in [0.2, 0.25) is 5.91 Å². The van der Waals surface area contributed by atoms with Crippen LogP contribution in [-0.4, -0.2) is 11.0 Å². The molecule has 0 spiro atoms. The molecular formula is C20H22F3N3OS. The van der Waals surface area contributed by atoms with E-state index in [1.165, 1.54) is 18.2 Å². The zero-order valence-electron chi connectivity index (χ0n) is 15.6. The van der Waals surface area contributed by atoms with Crippen molar-refractivity contribution in [3.8, 4) is 0 Å². The third-order valence-electron chi connectivity index (χ3n) is 4.29. The van der Waals surface area contributed by atoms with Crippen molar-refractivity contribution >= 4 is 34.6 Å². The molecule has 150 valence electrons. The molecule has 0 aliphatic carbocycles. The van der Waals surface area contributed by atoms with Gasteiger partial charge >= 0.3 is 6.18 Å². The van der Waals surface area contributed by atoms with Crippen molar-refractivity contribution in [3.05, 3.63) is 59.2 Å². The number of nitrogens with one attached hydrogen (secondary N) is 2. The van der Waals surface area contributed by atoms with Crippen molar-refractivity contribution < 1.29 is 18.0 Å². The van der Waals surface area contributed by atoms with E-state index in [0.717, 1.165) is 12.5 Å². The van der Waals surface area contributed by atoms with Crippen molar-refractivity contribution in [2.24, 2.45) is 11.7 Å². The molecule has 1 atom stereocenters. The SMILES string of the molecule is CCC(C)Cc1cc(NC(=S)Nc2ccc(C(N)=O)cc2)cc(C(F)(F)F)c1. The smallest absolute Gasteiger partial charge is 0.366 e. The minimum absolute atomic E-state index is 0.139. The molecule has 4 N–H and O–H groups in total. The van der Waals surface area contributed by atoms with Crippen LogP contribution in [0.1, 0.15) is 41.8 Å². The number of thiocarbonyl (C=S) groups is 1. The summed E-state index contributed by atoms with van der Waals surface area (Å²) in [6, 6.07) is 10.2. The highest BCUT2D eigenvalue weighted by atomic mass is 32.1. The molecule has 0 aliphatic rings. The maximum atomic E-state index is 13.2. The molecule has 4 nitrogen and oxygen atoms in total. The van der Waals surface area contributed by atoms with Crippen LogP contribution in [0.5, 0.6) is 0 Å². The normalized spacial score (nSPS) is 12.3. The van der Waals surface area contributed by atoms with Gasteiger partial charge in [-0.05, 0) is 72.6 Å². The third-order valence-corrected chi connectivity index (χ3v) is 4.49. The summed E-state index contributed by atoms with van der Waals surface area (Å²) in [7, 11) is 0. The first-order chi connectivity index (χ1) is 13.1. The summed E-state index contributed by atoms with van der Waals surface area (Å²) >= 11 is 5.20. The highest BCUT2D eigenvalue weighted by Crippen LogP contribution is 2.32. The monoisotopic (exact) mass is 409 g/mol. The molecule has 0 aromatic heterocycles. The molecular weight excluding hydrogens is 387 g/mol. The summed E-state index contributed by atoms with van der Waals surface area (Å²) in [4.78, 5) is 11.1. The summed E-state index contributed by atoms with van der Waals surface area (Å²) in [6.07, 6.45) is -3.02. The lowest BCUT2D eigenvalue weighted by molar-refractivity contribution is -0.137. The van der Waals surface area contributed by atoms with Gasteiger partial charge in [0, 0.05) is 16.9 Å². The molecule has 2 aromatic rings. The molecule has 0 aliphatic heterocycles. The number of amides is 1. The number of hydrogen-bond donors (Lipinski definition) is 3. The number of benzene rings is 2. The van der Waals surface area contributed by atoms with Gasteiger partial charge in [-0.1, -0.05) is 20.3 Å². The Balaban J connectivity index is 2.17. The van der Waals surface area contributed by atoms with Gasteiger partial charge in [0.15, 0.2) is 5.11 Å². The van der Waals surface area contributed by atoms with Gasteiger partial charge in [0.1, 0.15) is 0 Å².